The highest BCUT2D eigenvalue weighted by Gasteiger charge is 2.93. The van der Waals surface area contributed by atoms with E-state index in [0.717, 1.165) is 71.0 Å². The zero-order chi connectivity index (χ0) is 21.5. The van der Waals surface area contributed by atoms with Crippen LogP contribution >= 0.6 is 0 Å². The lowest BCUT2D eigenvalue weighted by Crippen LogP contribution is -2.47. The summed E-state index contributed by atoms with van der Waals surface area (Å²) < 4.78 is 14.5. The summed E-state index contributed by atoms with van der Waals surface area (Å²) in [6.07, 6.45) is 1.27. The standard InChI is InChI=1S/C26H44O2Si2/c1-25(2,3)29(7,8)27-23-19-11-12-16-18-14(20(12)23)13(19)17-15(11)21(16)24(22(17)18)28-30(9,10)26(4,5)6/h11-24H,1-10H3. The van der Waals surface area contributed by atoms with Crippen molar-refractivity contribution >= 4 is 16.6 Å². The predicted octanol–water partition coefficient (Wildman–Crippen LogP) is 6.26. The molecule has 2 nitrogen and oxygen atoms in total. The summed E-state index contributed by atoms with van der Waals surface area (Å²) in [6.45, 7) is 24.5. The van der Waals surface area contributed by atoms with Crippen LogP contribution in [0.15, 0.2) is 0 Å². The molecule has 0 aliphatic heterocycles. The van der Waals surface area contributed by atoms with Gasteiger partial charge in [-0.1, -0.05) is 41.5 Å². The molecule has 0 saturated heterocycles. The van der Waals surface area contributed by atoms with Gasteiger partial charge in [-0.25, -0.2) is 0 Å². The first kappa shape index (κ1) is 19.8. The summed E-state index contributed by atoms with van der Waals surface area (Å²) in [5.41, 5.74) is 0. The van der Waals surface area contributed by atoms with E-state index in [-0.39, 0.29) is 0 Å². The molecule has 0 spiro atoms. The molecule has 8 aliphatic rings. The Kier molecular flexibility index (Phi) is 3.33. The molecular weight excluding hydrogens is 400 g/mol. The normalized spacial score (nSPS) is 58.6. The van der Waals surface area contributed by atoms with E-state index in [2.05, 4.69) is 67.7 Å². The van der Waals surface area contributed by atoms with Crippen LogP contribution in [0.4, 0.5) is 0 Å². The number of hydrogen-bond acceptors (Lipinski definition) is 2. The molecule has 0 aromatic carbocycles. The smallest absolute Gasteiger partial charge is 0.192 e. The molecule has 4 bridgehead atoms. The van der Waals surface area contributed by atoms with E-state index >= 15 is 0 Å². The van der Waals surface area contributed by atoms with Gasteiger partial charge in [0.25, 0.3) is 0 Å². The second-order valence-electron chi connectivity index (χ2n) is 15.6. The van der Waals surface area contributed by atoms with Gasteiger partial charge in [0.05, 0.1) is 12.2 Å². The fourth-order valence-corrected chi connectivity index (χ4v) is 13.5. The summed E-state index contributed by atoms with van der Waals surface area (Å²) in [5, 5.41) is 0.673. The van der Waals surface area contributed by atoms with Gasteiger partial charge >= 0.3 is 0 Å². The second-order valence-corrected chi connectivity index (χ2v) is 25.1. The van der Waals surface area contributed by atoms with E-state index in [1.54, 1.807) is 0 Å². The van der Waals surface area contributed by atoms with Crippen molar-refractivity contribution in [2.75, 3.05) is 0 Å². The van der Waals surface area contributed by atoms with Crippen molar-refractivity contribution in [2.24, 2.45) is 71.0 Å². The SMILES string of the molecule is CC(C)(C)[Si](C)(C)OC1C2C3C4C1C1C2C2C5C(O[Si](C)(C)C(C)(C)C)C(C32)C4C51. The van der Waals surface area contributed by atoms with Crippen LogP contribution in [0.3, 0.4) is 0 Å². The van der Waals surface area contributed by atoms with E-state index in [9.17, 15) is 0 Å². The van der Waals surface area contributed by atoms with Gasteiger partial charge in [0.2, 0.25) is 0 Å². The quantitative estimate of drug-likeness (QED) is 0.477. The fraction of sp³-hybridized carbons (Fsp3) is 1.00. The zero-order valence-corrected chi connectivity index (χ0v) is 22.9. The van der Waals surface area contributed by atoms with Gasteiger partial charge in [-0.05, 0) is 107 Å². The molecule has 0 N–H and O–H groups in total. The Morgan fingerprint density at radius 2 is 0.600 bits per heavy atom. The largest absolute Gasteiger partial charge is 0.413 e. The van der Waals surface area contributed by atoms with Crippen LogP contribution in [0.2, 0.25) is 36.3 Å². The molecule has 8 aliphatic carbocycles. The lowest BCUT2D eigenvalue weighted by molar-refractivity contribution is 0.0845. The van der Waals surface area contributed by atoms with Crippen LogP contribution in [-0.4, -0.2) is 28.8 Å². The van der Waals surface area contributed by atoms with Crippen molar-refractivity contribution in [3.05, 3.63) is 0 Å². The van der Waals surface area contributed by atoms with Gasteiger partial charge in [-0.3, -0.25) is 0 Å². The molecular formula is C26H44O2Si2. The van der Waals surface area contributed by atoms with Gasteiger partial charge in [-0.2, -0.15) is 0 Å². The van der Waals surface area contributed by atoms with Crippen molar-refractivity contribution in [1.82, 2.24) is 0 Å². The van der Waals surface area contributed by atoms with Crippen molar-refractivity contribution in [3.8, 4) is 0 Å². The Hall–Kier alpha value is 0.354. The van der Waals surface area contributed by atoms with Crippen molar-refractivity contribution in [1.29, 1.82) is 0 Å². The first-order chi connectivity index (χ1) is 13.7. The van der Waals surface area contributed by atoms with Crippen LogP contribution in [0.25, 0.3) is 0 Å². The zero-order valence-electron chi connectivity index (χ0n) is 20.9. The third-order valence-electron chi connectivity index (χ3n) is 13.1. The lowest BCUT2D eigenvalue weighted by Gasteiger charge is -2.41. The monoisotopic (exact) mass is 444 g/mol. The van der Waals surface area contributed by atoms with Gasteiger partial charge in [-0.15, -0.1) is 0 Å². The predicted molar refractivity (Wildman–Crippen MR) is 126 cm³/mol. The molecule has 0 aromatic heterocycles. The van der Waals surface area contributed by atoms with Gasteiger partial charge < -0.3 is 8.85 Å². The third kappa shape index (κ3) is 1.81. The van der Waals surface area contributed by atoms with Crippen LogP contribution in [0.1, 0.15) is 41.5 Å². The molecule has 0 radical (unpaired) electrons. The van der Waals surface area contributed by atoms with Crippen LogP contribution in [0, 0.1) is 71.0 Å². The van der Waals surface area contributed by atoms with Crippen LogP contribution in [-0.2, 0) is 8.85 Å². The summed E-state index contributed by atoms with van der Waals surface area (Å²) >= 11 is 0. The molecule has 0 amide bonds. The minimum Gasteiger partial charge on any atom is -0.413 e. The Morgan fingerprint density at radius 1 is 0.400 bits per heavy atom. The van der Waals surface area contributed by atoms with Crippen molar-refractivity contribution in [3.63, 3.8) is 0 Å². The Morgan fingerprint density at radius 3 is 0.767 bits per heavy atom. The topological polar surface area (TPSA) is 18.5 Å². The molecule has 8 rings (SSSR count). The molecule has 0 unspecified atom stereocenters. The molecule has 4 heteroatoms. The van der Waals surface area contributed by atoms with Gasteiger partial charge in [0.15, 0.2) is 16.6 Å². The molecule has 8 fully saturated rings. The van der Waals surface area contributed by atoms with Gasteiger partial charge in [0.1, 0.15) is 0 Å². The van der Waals surface area contributed by atoms with E-state index in [1.807, 2.05) is 0 Å². The Bertz CT molecular complexity index is 666. The minimum absolute atomic E-state index is 0.337. The second kappa shape index (κ2) is 5.05. The van der Waals surface area contributed by atoms with Crippen LogP contribution < -0.4 is 0 Å². The highest BCUT2D eigenvalue weighted by atomic mass is 28.4. The van der Waals surface area contributed by atoms with Crippen LogP contribution in [0.5, 0.6) is 0 Å². The van der Waals surface area contributed by atoms with E-state index in [1.165, 1.54) is 0 Å². The summed E-state index contributed by atoms with van der Waals surface area (Å²) in [4.78, 5) is 0. The highest BCUT2D eigenvalue weighted by molar-refractivity contribution is 6.74. The van der Waals surface area contributed by atoms with E-state index < -0.39 is 16.6 Å². The maximum Gasteiger partial charge on any atom is 0.192 e. The van der Waals surface area contributed by atoms with Crippen molar-refractivity contribution in [2.45, 2.75) is 90.0 Å². The molecule has 30 heavy (non-hydrogen) atoms. The number of hydrogen-bond donors (Lipinski definition) is 0. The summed E-state index contributed by atoms with van der Waals surface area (Å²) in [5.74, 6) is 11.9. The molecule has 0 atom stereocenters. The average molecular weight is 445 g/mol. The Balaban J connectivity index is 1.21. The summed E-state index contributed by atoms with van der Waals surface area (Å²) in [6, 6.07) is 0. The highest BCUT2D eigenvalue weighted by Crippen LogP contribution is 2.93. The molecule has 0 heterocycles. The maximum absolute atomic E-state index is 7.27. The molecule has 0 aromatic rings. The fourth-order valence-electron chi connectivity index (χ4n) is 10.8. The molecule has 8 saturated carbocycles. The third-order valence-corrected chi connectivity index (χ3v) is 22.0. The molecule has 168 valence electrons. The van der Waals surface area contributed by atoms with Crippen molar-refractivity contribution < 1.29 is 8.85 Å². The summed E-state index contributed by atoms with van der Waals surface area (Å²) in [7, 11) is -3.36. The number of rotatable bonds is 4. The minimum atomic E-state index is -1.68. The average Bonchev–Trinajstić information content (AvgIpc) is 3.29. The van der Waals surface area contributed by atoms with Gasteiger partial charge in [0, 0.05) is 0 Å². The lowest BCUT2D eigenvalue weighted by atomic mass is 9.80. The van der Waals surface area contributed by atoms with E-state index in [4.69, 9.17) is 8.85 Å². The first-order valence-corrected chi connectivity index (χ1v) is 18.9. The Labute approximate surface area is 186 Å². The first-order valence-electron chi connectivity index (χ1n) is 13.0. The van der Waals surface area contributed by atoms with E-state index in [0.29, 0.717) is 22.3 Å². The maximum atomic E-state index is 7.27.